The zero-order chi connectivity index (χ0) is 16.6. The molecule has 0 N–H and O–H groups in total. The van der Waals surface area contributed by atoms with E-state index in [9.17, 15) is 17.6 Å². The van der Waals surface area contributed by atoms with E-state index in [2.05, 4.69) is 10.1 Å². The molecule has 0 aliphatic rings. The molecule has 0 spiro atoms. The zero-order valence-corrected chi connectivity index (χ0v) is 13.5. The smallest absolute Gasteiger partial charge is 0.235 e. The first-order chi connectivity index (χ1) is 10.9. The lowest BCUT2D eigenvalue weighted by molar-refractivity contribution is -0.137. The summed E-state index contributed by atoms with van der Waals surface area (Å²) < 4.78 is 53.5. The summed E-state index contributed by atoms with van der Waals surface area (Å²) in [6, 6.07) is 7.46. The molecule has 0 unspecified atom stereocenters. The molecule has 0 bridgehead atoms. The first-order valence-corrected chi connectivity index (χ1v) is 7.48. The molecule has 0 fully saturated rings. The van der Waals surface area contributed by atoms with E-state index in [0.717, 1.165) is 12.1 Å². The summed E-state index contributed by atoms with van der Waals surface area (Å²) in [7, 11) is 0. The van der Waals surface area contributed by atoms with Crippen molar-refractivity contribution in [3.05, 3.63) is 63.9 Å². The van der Waals surface area contributed by atoms with Crippen LogP contribution < -0.4 is 0 Å². The molecule has 0 atom stereocenters. The third kappa shape index (κ3) is 3.07. The molecule has 1 aromatic carbocycles. The number of hydrogen-bond acceptors (Lipinski definition) is 2. The van der Waals surface area contributed by atoms with Crippen molar-refractivity contribution in [3.8, 4) is 16.9 Å². The van der Waals surface area contributed by atoms with E-state index in [-0.39, 0.29) is 5.82 Å². The van der Waals surface area contributed by atoms with Crippen LogP contribution in [0.3, 0.4) is 0 Å². The van der Waals surface area contributed by atoms with Gasteiger partial charge in [-0.25, -0.2) is 14.1 Å². The maximum Gasteiger partial charge on any atom is 0.416 e. The molecule has 3 rings (SSSR count). The molecule has 0 aliphatic heterocycles. The van der Waals surface area contributed by atoms with Gasteiger partial charge in [0.2, 0.25) is 0 Å². The Morgan fingerprint density at radius 3 is 2.35 bits per heavy atom. The molecule has 3 nitrogen and oxygen atoms in total. The van der Waals surface area contributed by atoms with Crippen LogP contribution in [0.1, 0.15) is 5.56 Å². The maximum absolute atomic E-state index is 13.8. The Balaban J connectivity index is 2.01. The molecular weight excluding hydrogens is 425 g/mol. The third-order valence-corrected chi connectivity index (χ3v) is 4.21. The van der Waals surface area contributed by atoms with E-state index in [1.54, 1.807) is 0 Å². The topological polar surface area (TPSA) is 30.7 Å². The van der Waals surface area contributed by atoms with E-state index in [1.807, 2.05) is 22.6 Å². The molecule has 0 aliphatic carbocycles. The number of benzene rings is 1. The van der Waals surface area contributed by atoms with E-state index in [0.29, 0.717) is 14.8 Å². The van der Waals surface area contributed by atoms with Gasteiger partial charge in [0, 0.05) is 11.8 Å². The summed E-state index contributed by atoms with van der Waals surface area (Å²) in [6.07, 6.45) is -1.47. The van der Waals surface area contributed by atoms with Crippen molar-refractivity contribution in [3.63, 3.8) is 0 Å². The molecule has 0 amide bonds. The molecule has 118 valence electrons. The highest BCUT2D eigenvalue weighted by Crippen LogP contribution is 2.32. The minimum Gasteiger partial charge on any atom is -0.235 e. The lowest BCUT2D eigenvalue weighted by Gasteiger charge is -2.07. The Labute approximate surface area is 142 Å². The van der Waals surface area contributed by atoms with Gasteiger partial charge in [0.05, 0.1) is 11.8 Å². The van der Waals surface area contributed by atoms with E-state index in [1.165, 1.54) is 41.3 Å². The van der Waals surface area contributed by atoms with Crippen LogP contribution in [-0.4, -0.2) is 14.8 Å². The van der Waals surface area contributed by atoms with Gasteiger partial charge in [-0.1, -0.05) is 12.1 Å². The number of halogens is 5. The van der Waals surface area contributed by atoms with Crippen LogP contribution in [0.5, 0.6) is 0 Å². The summed E-state index contributed by atoms with van der Waals surface area (Å²) in [5, 5.41) is 4.08. The molecule has 2 aromatic heterocycles. The molecule has 0 saturated heterocycles. The molecule has 0 saturated carbocycles. The Morgan fingerprint density at radius 2 is 1.74 bits per heavy atom. The Morgan fingerprint density at radius 1 is 1.04 bits per heavy atom. The predicted molar refractivity (Wildman–Crippen MR) is 84.5 cm³/mol. The first-order valence-electron chi connectivity index (χ1n) is 6.40. The van der Waals surface area contributed by atoms with Gasteiger partial charge in [0.25, 0.3) is 0 Å². The lowest BCUT2D eigenvalue weighted by atomic mass is 10.1. The number of rotatable bonds is 2. The van der Waals surface area contributed by atoms with Crippen molar-refractivity contribution in [2.75, 3.05) is 0 Å². The van der Waals surface area contributed by atoms with Crippen LogP contribution >= 0.6 is 22.6 Å². The van der Waals surface area contributed by atoms with Crippen molar-refractivity contribution in [2.45, 2.75) is 6.18 Å². The van der Waals surface area contributed by atoms with Gasteiger partial charge in [-0.15, -0.1) is 0 Å². The number of aromatic nitrogens is 3. The van der Waals surface area contributed by atoms with Gasteiger partial charge >= 0.3 is 6.18 Å². The van der Waals surface area contributed by atoms with Crippen LogP contribution in [0.4, 0.5) is 17.6 Å². The quantitative estimate of drug-likeness (QED) is 0.434. The van der Waals surface area contributed by atoms with Crippen LogP contribution in [0.15, 0.2) is 48.8 Å². The van der Waals surface area contributed by atoms with Crippen molar-refractivity contribution < 1.29 is 17.6 Å². The second kappa shape index (κ2) is 5.91. The second-order valence-corrected chi connectivity index (χ2v) is 5.67. The first kappa shape index (κ1) is 15.9. The maximum atomic E-state index is 13.8. The third-order valence-electron chi connectivity index (χ3n) is 3.17. The fourth-order valence-corrected chi connectivity index (χ4v) is 2.85. The predicted octanol–water partition coefficient (Wildman–Crippen LogP) is 4.70. The average Bonchev–Trinajstić information content (AvgIpc) is 2.89. The molecular formula is C15H8F4IN3. The Kier molecular flexibility index (Phi) is 4.09. The summed E-state index contributed by atoms with van der Waals surface area (Å²) >= 11 is 1.96. The van der Waals surface area contributed by atoms with Crippen LogP contribution in [-0.2, 0) is 6.18 Å². The number of pyridine rings is 1. The van der Waals surface area contributed by atoms with Crippen LogP contribution in [0, 0.1) is 9.52 Å². The second-order valence-electron chi connectivity index (χ2n) is 4.64. The molecule has 8 heteroatoms. The largest absolute Gasteiger partial charge is 0.416 e. The SMILES string of the molecule is Fc1cccnc1-n1ncc(-c2ccc(C(F)(F)F)cc2)c1I. The van der Waals surface area contributed by atoms with Crippen LogP contribution in [0.2, 0.25) is 0 Å². The minimum absolute atomic E-state index is 0.0371. The highest BCUT2D eigenvalue weighted by Gasteiger charge is 2.30. The normalized spacial score (nSPS) is 11.7. The average molecular weight is 433 g/mol. The highest BCUT2D eigenvalue weighted by molar-refractivity contribution is 14.1. The molecule has 3 aromatic rings. The fourth-order valence-electron chi connectivity index (χ4n) is 2.05. The Hall–Kier alpha value is -1.97. The summed E-state index contributed by atoms with van der Waals surface area (Å²) in [4.78, 5) is 3.93. The zero-order valence-electron chi connectivity index (χ0n) is 11.4. The lowest BCUT2D eigenvalue weighted by Crippen LogP contribution is -2.05. The number of alkyl halides is 3. The minimum atomic E-state index is -4.38. The fraction of sp³-hybridized carbons (Fsp3) is 0.0667. The molecule has 0 radical (unpaired) electrons. The monoisotopic (exact) mass is 433 g/mol. The van der Waals surface area contributed by atoms with Gasteiger partial charge in [-0.2, -0.15) is 18.3 Å². The van der Waals surface area contributed by atoms with Crippen molar-refractivity contribution in [1.29, 1.82) is 0 Å². The summed E-state index contributed by atoms with van der Waals surface area (Å²) in [5.41, 5.74) is 0.439. The van der Waals surface area contributed by atoms with E-state index >= 15 is 0 Å². The summed E-state index contributed by atoms with van der Waals surface area (Å²) in [6.45, 7) is 0. The van der Waals surface area contributed by atoms with Gasteiger partial charge < -0.3 is 0 Å². The van der Waals surface area contributed by atoms with Gasteiger partial charge in [0.15, 0.2) is 11.6 Å². The van der Waals surface area contributed by atoms with Crippen molar-refractivity contribution in [2.24, 2.45) is 0 Å². The van der Waals surface area contributed by atoms with Gasteiger partial charge in [-0.05, 0) is 52.4 Å². The Bertz CT molecular complexity index is 841. The van der Waals surface area contributed by atoms with Gasteiger partial charge in [-0.3, -0.25) is 0 Å². The van der Waals surface area contributed by atoms with E-state index in [4.69, 9.17) is 0 Å². The molecule has 2 heterocycles. The van der Waals surface area contributed by atoms with Gasteiger partial charge in [0.1, 0.15) is 3.70 Å². The van der Waals surface area contributed by atoms with Crippen molar-refractivity contribution in [1.82, 2.24) is 14.8 Å². The number of nitrogens with zero attached hydrogens (tertiary/aromatic N) is 3. The molecule has 23 heavy (non-hydrogen) atoms. The van der Waals surface area contributed by atoms with Crippen molar-refractivity contribution >= 4 is 22.6 Å². The number of hydrogen-bond donors (Lipinski definition) is 0. The summed E-state index contributed by atoms with van der Waals surface area (Å²) in [5.74, 6) is -0.498. The highest BCUT2D eigenvalue weighted by atomic mass is 127. The standard InChI is InChI=1S/C15H8F4IN3/c16-12-2-1-7-21-14(12)23-13(20)11(8-22-23)9-3-5-10(6-4-9)15(17,18)19/h1-8H. The van der Waals surface area contributed by atoms with Crippen LogP contribution in [0.25, 0.3) is 16.9 Å². The van der Waals surface area contributed by atoms with E-state index < -0.39 is 17.6 Å².